The molecule has 0 aliphatic heterocycles. The van der Waals surface area contributed by atoms with Crippen LogP contribution in [0.5, 0.6) is 11.5 Å². The van der Waals surface area contributed by atoms with Gasteiger partial charge in [0, 0.05) is 19.2 Å². The molecule has 24 heavy (non-hydrogen) atoms. The second-order valence-corrected chi connectivity index (χ2v) is 7.12. The number of amides is 1. The van der Waals surface area contributed by atoms with Crippen LogP contribution in [0.1, 0.15) is 27.7 Å². The average Bonchev–Trinajstić information content (AvgIpc) is 2.45. The molecule has 0 aliphatic rings. The first-order chi connectivity index (χ1) is 11.3. The Labute approximate surface area is 150 Å². The van der Waals surface area contributed by atoms with Gasteiger partial charge in [-0.05, 0) is 17.9 Å². The third-order valence-corrected chi connectivity index (χ3v) is 3.66. The van der Waals surface area contributed by atoms with Crippen LogP contribution in [0.25, 0.3) is 0 Å². The minimum Gasteiger partial charge on any atom is -0.495 e. The Morgan fingerprint density at radius 2 is 1.62 bits per heavy atom. The maximum Gasteiger partial charge on any atom is 0.238 e. The number of nitrogens with zero attached hydrogens (tertiary/aromatic N) is 1. The van der Waals surface area contributed by atoms with E-state index in [0.717, 1.165) is 13.1 Å². The molecular weight excluding hydrogens is 328 g/mol. The van der Waals surface area contributed by atoms with Gasteiger partial charge in [0.2, 0.25) is 5.91 Å². The quantitative estimate of drug-likeness (QED) is 0.728. The SMILES string of the molecule is COc1cc(OC)c(NC(=O)CN(CC(C)C)CC(C)C)cc1Cl. The Balaban J connectivity index is 2.83. The van der Waals surface area contributed by atoms with E-state index in [1.54, 1.807) is 19.2 Å². The van der Waals surface area contributed by atoms with Crippen LogP contribution in [0, 0.1) is 11.8 Å². The molecule has 136 valence electrons. The van der Waals surface area contributed by atoms with E-state index in [2.05, 4.69) is 37.9 Å². The molecular formula is C18H29ClN2O3. The van der Waals surface area contributed by atoms with Crippen LogP contribution in [0.4, 0.5) is 5.69 Å². The number of methoxy groups -OCH3 is 2. The van der Waals surface area contributed by atoms with Crippen molar-refractivity contribution in [3.8, 4) is 11.5 Å². The molecule has 0 radical (unpaired) electrons. The van der Waals surface area contributed by atoms with E-state index >= 15 is 0 Å². The second-order valence-electron chi connectivity index (χ2n) is 6.72. The Bertz CT molecular complexity index is 537. The number of ether oxygens (including phenoxy) is 2. The Kier molecular flexibility index (Phi) is 8.36. The molecule has 0 atom stereocenters. The average molecular weight is 357 g/mol. The lowest BCUT2D eigenvalue weighted by Gasteiger charge is -2.25. The van der Waals surface area contributed by atoms with Gasteiger partial charge in [-0.3, -0.25) is 9.69 Å². The molecule has 0 heterocycles. The van der Waals surface area contributed by atoms with Gasteiger partial charge in [-0.2, -0.15) is 0 Å². The van der Waals surface area contributed by atoms with Crippen molar-refractivity contribution in [2.75, 3.05) is 39.2 Å². The molecule has 0 saturated heterocycles. The van der Waals surface area contributed by atoms with Crippen molar-refractivity contribution in [3.05, 3.63) is 17.2 Å². The maximum atomic E-state index is 12.4. The lowest BCUT2D eigenvalue weighted by molar-refractivity contribution is -0.117. The normalized spacial score (nSPS) is 11.2. The van der Waals surface area contributed by atoms with Gasteiger partial charge in [-0.15, -0.1) is 0 Å². The first kappa shape index (κ1) is 20.6. The van der Waals surface area contributed by atoms with Crippen LogP contribution in [-0.4, -0.2) is 44.7 Å². The summed E-state index contributed by atoms with van der Waals surface area (Å²) in [6.07, 6.45) is 0. The fraction of sp³-hybridized carbons (Fsp3) is 0.611. The minimum atomic E-state index is -0.0872. The number of nitrogens with one attached hydrogen (secondary N) is 1. The zero-order valence-corrected chi connectivity index (χ0v) is 16.2. The van der Waals surface area contributed by atoms with Gasteiger partial charge in [-0.25, -0.2) is 0 Å². The largest absolute Gasteiger partial charge is 0.495 e. The van der Waals surface area contributed by atoms with E-state index in [-0.39, 0.29) is 5.91 Å². The molecule has 0 aliphatic carbocycles. The highest BCUT2D eigenvalue weighted by Crippen LogP contribution is 2.35. The minimum absolute atomic E-state index is 0.0872. The van der Waals surface area contributed by atoms with E-state index in [1.165, 1.54) is 7.11 Å². The Hall–Kier alpha value is -1.46. The number of carbonyl (C=O) groups excluding carboxylic acids is 1. The van der Waals surface area contributed by atoms with Crippen LogP contribution in [0.15, 0.2) is 12.1 Å². The van der Waals surface area contributed by atoms with Gasteiger partial charge in [-0.1, -0.05) is 39.3 Å². The summed E-state index contributed by atoms with van der Waals surface area (Å²) < 4.78 is 10.5. The topological polar surface area (TPSA) is 50.8 Å². The maximum absolute atomic E-state index is 12.4. The summed E-state index contributed by atoms with van der Waals surface area (Å²) in [7, 11) is 3.08. The number of hydrogen-bond donors (Lipinski definition) is 1. The van der Waals surface area contributed by atoms with Gasteiger partial charge in [0.1, 0.15) is 11.5 Å². The van der Waals surface area contributed by atoms with Crippen molar-refractivity contribution < 1.29 is 14.3 Å². The van der Waals surface area contributed by atoms with E-state index in [0.29, 0.717) is 40.6 Å². The molecule has 1 rings (SSSR count). The smallest absolute Gasteiger partial charge is 0.238 e. The van der Waals surface area contributed by atoms with Crippen molar-refractivity contribution in [2.24, 2.45) is 11.8 Å². The molecule has 0 saturated carbocycles. The number of rotatable bonds is 9. The molecule has 0 bridgehead atoms. The predicted molar refractivity (Wildman–Crippen MR) is 99.3 cm³/mol. The highest BCUT2D eigenvalue weighted by atomic mass is 35.5. The van der Waals surface area contributed by atoms with Crippen LogP contribution < -0.4 is 14.8 Å². The van der Waals surface area contributed by atoms with Gasteiger partial charge < -0.3 is 14.8 Å². The zero-order valence-electron chi connectivity index (χ0n) is 15.5. The standard InChI is InChI=1S/C18H29ClN2O3/c1-12(2)9-21(10-13(3)4)11-18(22)20-15-7-14(19)16(23-5)8-17(15)24-6/h7-8,12-13H,9-11H2,1-6H3,(H,20,22). The lowest BCUT2D eigenvalue weighted by atomic mass is 10.1. The van der Waals surface area contributed by atoms with E-state index in [1.807, 2.05) is 0 Å². The van der Waals surface area contributed by atoms with Crippen LogP contribution in [0.3, 0.4) is 0 Å². The number of halogens is 1. The van der Waals surface area contributed by atoms with E-state index in [4.69, 9.17) is 21.1 Å². The highest BCUT2D eigenvalue weighted by Gasteiger charge is 2.16. The molecule has 1 N–H and O–H groups in total. The first-order valence-electron chi connectivity index (χ1n) is 8.20. The fourth-order valence-corrected chi connectivity index (χ4v) is 2.83. The van der Waals surface area contributed by atoms with Crippen molar-refractivity contribution in [2.45, 2.75) is 27.7 Å². The van der Waals surface area contributed by atoms with Gasteiger partial charge in [0.25, 0.3) is 0 Å². The van der Waals surface area contributed by atoms with Crippen molar-refractivity contribution in [1.82, 2.24) is 4.90 Å². The fourth-order valence-electron chi connectivity index (χ4n) is 2.59. The van der Waals surface area contributed by atoms with Gasteiger partial charge in [0.15, 0.2) is 0 Å². The number of hydrogen-bond acceptors (Lipinski definition) is 4. The van der Waals surface area contributed by atoms with Crippen LogP contribution >= 0.6 is 11.6 Å². The van der Waals surface area contributed by atoms with Crippen molar-refractivity contribution in [1.29, 1.82) is 0 Å². The number of anilines is 1. The molecule has 1 amide bonds. The summed E-state index contributed by atoms with van der Waals surface area (Å²) in [4.78, 5) is 14.6. The Morgan fingerprint density at radius 3 is 2.08 bits per heavy atom. The van der Waals surface area contributed by atoms with Gasteiger partial charge >= 0.3 is 0 Å². The zero-order chi connectivity index (χ0) is 18.3. The third kappa shape index (κ3) is 6.57. The second kappa shape index (κ2) is 9.74. The Morgan fingerprint density at radius 1 is 1.08 bits per heavy atom. The molecule has 1 aromatic rings. The van der Waals surface area contributed by atoms with Gasteiger partial charge in [0.05, 0.1) is 31.5 Å². The monoisotopic (exact) mass is 356 g/mol. The van der Waals surface area contributed by atoms with Crippen LogP contribution in [-0.2, 0) is 4.79 Å². The first-order valence-corrected chi connectivity index (χ1v) is 8.58. The summed E-state index contributed by atoms with van der Waals surface area (Å²) in [6, 6.07) is 3.31. The molecule has 5 nitrogen and oxygen atoms in total. The molecule has 0 aromatic heterocycles. The molecule has 0 fully saturated rings. The molecule has 6 heteroatoms. The molecule has 1 aromatic carbocycles. The predicted octanol–water partition coefficient (Wildman–Crippen LogP) is 3.91. The molecule has 0 unspecified atom stereocenters. The summed E-state index contributed by atoms with van der Waals surface area (Å²) in [5.74, 6) is 1.94. The summed E-state index contributed by atoms with van der Waals surface area (Å²) in [6.45, 7) is 10.7. The highest BCUT2D eigenvalue weighted by molar-refractivity contribution is 6.32. The number of benzene rings is 1. The van der Waals surface area contributed by atoms with Crippen molar-refractivity contribution >= 4 is 23.2 Å². The van der Waals surface area contributed by atoms with E-state index < -0.39 is 0 Å². The molecule has 0 spiro atoms. The lowest BCUT2D eigenvalue weighted by Crippen LogP contribution is -2.38. The third-order valence-electron chi connectivity index (χ3n) is 3.36. The summed E-state index contributed by atoms with van der Waals surface area (Å²) in [5.41, 5.74) is 0.544. The number of carbonyl (C=O) groups is 1. The van der Waals surface area contributed by atoms with E-state index in [9.17, 15) is 4.79 Å². The van der Waals surface area contributed by atoms with Crippen LogP contribution in [0.2, 0.25) is 5.02 Å². The van der Waals surface area contributed by atoms with Crippen molar-refractivity contribution in [3.63, 3.8) is 0 Å². The summed E-state index contributed by atoms with van der Waals surface area (Å²) in [5, 5.41) is 3.31. The summed E-state index contributed by atoms with van der Waals surface area (Å²) >= 11 is 6.14.